The van der Waals surface area contributed by atoms with Crippen LogP contribution in [0.2, 0.25) is 0 Å². The summed E-state index contributed by atoms with van der Waals surface area (Å²) in [5.74, 6) is 0.811. The number of rotatable bonds is 5. The van der Waals surface area contributed by atoms with Crippen molar-refractivity contribution in [3.63, 3.8) is 0 Å². The minimum absolute atomic E-state index is 0.0519. The van der Waals surface area contributed by atoms with E-state index in [1.807, 2.05) is 0 Å². The fourth-order valence-corrected chi connectivity index (χ4v) is 2.92. The maximum atomic E-state index is 11.6. The highest BCUT2D eigenvalue weighted by Gasteiger charge is 2.31. The van der Waals surface area contributed by atoms with Crippen molar-refractivity contribution >= 4 is 17.4 Å². The molecule has 2 aromatic heterocycles. The SMILES string of the molecule is N=C(/C=C\N)OCc1c(-n2nn[nH]c2=O)nsc1C1CC1. The average molecular weight is 307 g/mol. The van der Waals surface area contributed by atoms with E-state index < -0.39 is 5.69 Å². The lowest BCUT2D eigenvalue weighted by Gasteiger charge is -2.06. The number of nitrogens with zero attached hydrogens (tertiary/aromatic N) is 4. The predicted molar refractivity (Wildman–Crippen MR) is 75.5 cm³/mol. The second-order valence-electron chi connectivity index (χ2n) is 4.55. The van der Waals surface area contributed by atoms with Gasteiger partial charge in [-0.25, -0.2) is 9.89 Å². The Labute approximate surface area is 123 Å². The van der Waals surface area contributed by atoms with Crippen LogP contribution in [0.5, 0.6) is 0 Å². The smallest absolute Gasteiger partial charge is 0.367 e. The topological polar surface area (TPSA) is 136 Å². The fourth-order valence-electron chi connectivity index (χ4n) is 1.90. The Morgan fingerprint density at radius 1 is 1.62 bits per heavy atom. The van der Waals surface area contributed by atoms with Gasteiger partial charge in [0.25, 0.3) is 0 Å². The van der Waals surface area contributed by atoms with Crippen LogP contribution in [0.3, 0.4) is 0 Å². The first-order chi connectivity index (χ1) is 10.2. The lowest BCUT2D eigenvalue weighted by molar-refractivity contribution is 0.291. The minimum Gasteiger partial charge on any atom is -0.473 e. The summed E-state index contributed by atoms with van der Waals surface area (Å²) < 4.78 is 10.7. The maximum absolute atomic E-state index is 11.6. The Balaban J connectivity index is 1.92. The van der Waals surface area contributed by atoms with Gasteiger partial charge in [0.05, 0.1) is 5.56 Å². The second-order valence-corrected chi connectivity index (χ2v) is 5.36. The van der Waals surface area contributed by atoms with Crippen molar-refractivity contribution in [1.29, 1.82) is 5.41 Å². The number of nitrogens with two attached hydrogens (primary N) is 1. The molecule has 0 unspecified atom stereocenters. The molecule has 1 aliphatic carbocycles. The summed E-state index contributed by atoms with van der Waals surface area (Å²) in [5.41, 5.74) is 5.53. The molecule has 4 N–H and O–H groups in total. The lowest BCUT2D eigenvalue weighted by atomic mass is 10.2. The Bertz CT molecular complexity index is 740. The first-order valence-electron chi connectivity index (χ1n) is 6.29. The highest BCUT2D eigenvalue weighted by Crippen LogP contribution is 2.45. The molecule has 0 aromatic carbocycles. The third-order valence-corrected chi connectivity index (χ3v) is 4.08. The Kier molecular flexibility index (Phi) is 3.52. The van der Waals surface area contributed by atoms with Gasteiger partial charge in [0.15, 0.2) is 5.82 Å². The Hall–Kier alpha value is -2.49. The van der Waals surface area contributed by atoms with Crippen LogP contribution >= 0.6 is 11.5 Å². The third kappa shape index (κ3) is 2.70. The van der Waals surface area contributed by atoms with Crippen molar-refractivity contribution < 1.29 is 4.74 Å². The highest BCUT2D eigenvalue weighted by molar-refractivity contribution is 7.06. The van der Waals surface area contributed by atoms with Gasteiger partial charge < -0.3 is 10.5 Å². The number of tetrazole rings is 1. The monoisotopic (exact) mass is 307 g/mol. The normalized spacial score (nSPS) is 14.7. The van der Waals surface area contributed by atoms with Crippen molar-refractivity contribution in [2.24, 2.45) is 5.73 Å². The van der Waals surface area contributed by atoms with Crippen LogP contribution in [-0.4, -0.2) is 30.5 Å². The molecular formula is C11H13N7O2S. The fraction of sp³-hybridized carbons (Fsp3) is 0.364. The van der Waals surface area contributed by atoms with Gasteiger partial charge >= 0.3 is 5.69 Å². The molecule has 0 aliphatic heterocycles. The molecule has 110 valence electrons. The molecule has 0 amide bonds. The molecule has 2 heterocycles. The van der Waals surface area contributed by atoms with Crippen LogP contribution in [0, 0.1) is 5.41 Å². The van der Waals surface area contributed by atoms with Gasteiger partial charge in [-0.05, 0) is 46.9 Å². The van der Waals surface area contributed by atoms with E-state index in [1.54, 1.807) is 0 Å². The second kappa shape index (κ2) is 5.48. The number of ether oxygens (including phenoxy) is 1. The molecule has 1 fully saturated rings. The van der Waals surface area contributed by atoms with Crippen molar-refractivity contribution in [3.05, 3.63) is 33.2 Å². The van der Waals surface area contributed by atoms with E-state index >= 15 is 0 Å². The van der Waals surface area contributed by atoms with Crippen LogP contribution in [0.15, 0.2) is 17.1 Å². The summed E-state index contributed by atoms with van der Waals surface area (Å²) in [7, 11) is 0. The molecule has 10 heteroatoms. The molecule has 0 saturated heterocycles. The van der Waals surface area contributed by atoms with Crippen molar-refractivity contribution in [2.45, 2.75) is 25.4 Å². The zero-order valence-corrected chi connectivity index (χ0v) is 11.8. The molecule has 3 rings (SSSR count). The molecule has 0 radical (unpaired) electrons. The van der Waals surface area contributed by atoms with Crippen molar-refractivity contribution in [3.8, 4) is 5.82 Å². The van der Waals surface area contributed by atoms with Gasteiger partial charge in [-0.3, -0.25) is 5.41 Å². The molecule has 21 heavy (non-hydrogen) atoms. The number of hydrogen-bond acceptors (Lipinski definition) is 8. The third-order valence-electron chi connectivity index (χ3n) is 3.04. The summed E-state index contributed by atoms with van der Waals surface area (Å²) in [4.78, 5) is 12.7. The molecule has 0 atom stereocenters. The standard InChI is InChI=1S/C11H13N7O2S/c12-4-3-8(13)20-5-7-9(6-1-2-6)21-15-10(7)18-11(19)14-16-17-18/h3-4,6,13H,1-2,5,12H2,(H,14,17,19)/b4-3-,13-8?. The molecular weight excluding hydrogens is 294 g/mol. The van der Waals surface area contributed by atoms with Crippen LogP contribution in [-0.2, 0) is 11.3 Å². The summed E-state index contributed by atoms with van der Waals surface area (Å²) in [5, 5.41) is 17.0. The van der Waals surface area contributed by atoms with E-state index in [2.05, 4.69) is 19.9 Å². The van der Waals surface area contributed by atoms with Crippen molar-refractivity contribution in [1.82, 2.24) is 24.6 Å². The van der Waals surface area contributed by atoms with E-state index in [-0.39, 0.29) is 12.5 Å². The van der Waals surface area contributed by atoms with E-state index in [4.69, 9.17) is 15.9 Å². The van der Waals surface area contributed by atoms with Gasteiger partial charge in [-0.2, -0.15) is 4.37 Å². The zero-order chi connectivity index (χ0) is 14.8. The lowest BCUT2D eigenvalue weighted by Crippen LogP contribution is -2.18. The molecule has 0 bridgehead atoms. The van der Waals surface area contributed by atoms with E-state index in [1.165, 1.54) is 23.8 Å². The van der Waals surface area contributed by atoms with Crippen LogP contribution < -0.4 is 11.4 Å². The van der Waals surface area contributed by atoms with Gasteiger partial charge in [0, 0.05) is 11.0 Å². The van der Waals surface area contributed by atoms with Gasteiger partial charge in [0.1, 0.15) is 6.61 Å². The van der Waals surface area contributed by atoms with Crippen LogP contribution in [0.4, 0.5) is 0 Å². The van der Waals surface area contributed by atoms with Crippen LogP contribution in [0.1, 0.15) is 29.2 Å². The largest absolute Gasteiger partial charge is 0.473 e. The number of H-pyrrole nitrogens is 1. The first-order valence-corrected chi connectivity index (χ1v) is 7.07. The Morgan fingerprint density at radius 2 is 2.43 bits per heavy atom. The molecule has 9 nitrogen and oxygen atoms in total. The zero-order valence-electron chi connectivity index (χ0n) is 10.9. The predicted octanol–water partition coefficient (Wildman–Crippen LogP) is 0.256. The van der Waals surface area contributed by atoms with Gasteiger partial charge in [-0.1, -0.05) is 0 Å². The summed E-state index contributed by atoms with van der Waals surface area (Å²) in [6.07, 6.45) is 4.78. The summed E-state index contributed by atoms with van der Waals surface area (Å²) >= 11 is 1.33. The molecule has 0 spiro atoms. The maximum Gasteiger partial charge on any atom is 0.367 e. The summed E-state index contributed by atoms with van der Waals surface area (Å²) in [6, 6.07) is 0. The Morgan fingerprint density at radius 3 is 3.05 bits per heavy atom. The van der Waals surface area contributed by atoms with Crippen LogP contribution in [0.25, 0.3) is 5.82 Å². The number of hydrogen-bond donors (Lipinski definition) is 3. The van der Waals surface area contributed by atoms with E-state index in [0.717, 1.165) is 28.0 Å². The van der Waals surface area contributed by atoms with Crippen molar-refractivity contribution in [2.75, 3.05) is 0 Å². The number of aromatic amines is 1. The van der Waals surface area contributed by atoms with Gasteiger partial charge in [-0.15, -0.1) is 4.68 Å². The van der Waals surface area contributed by atoms with E-state index in [9.17, 15) is 4.79 Å². The quantitative estimate of drug-likeness (QED) is 0.535. The number of aromatic nitrogens is 5. The average Bonchev–Trinajstić information content (AvgIpc) is 3.08. The molecule has 1 saturated carbocycles. The number of nitrogens with one attached hydrogen (secondary N) is 2. The molecule has 2 aromatic rings. The minimum atomic E-state index is -0.458. The summed E-state index contributed by atoms with van der Waals surface area (Å²) in [6.45, 7) is 0.139. The highest BCUT2D eigenvalue weighted by atomic mass is 32.1. The van der Waals surface area contributed by atoms with Gasteiger partial charge in [0.2, 0.25) is 5.90 Å². The van der Waals surface area contributed by atoms with E-state index in [0.29, 0.717) is 11.7 Å². The first kappa shape index (κ1) is 13.5. The molecule has 1 aliphatic rings.